The number of rotatable bonds is 7. The van der Waals surface area contributed by atoms with Crippen molar-refractivity contribution in [2.75, 3.05) is 18.9 Å². The molecule has 0 aliphatic heterocycles. The summed E-state index contributed by atoms with van der Waals surface area (Å²) in [6, 6.07) is 6.65. The highest BCUT2D eigenvalue weighted by molar-refractivity contribution is 5.89. The molecule has 0 saturated heterocycles. The van der Waals surface area contributed by atoms with E-state index in [-0.39, 0.29) is 12.5 Å². The monoisotopic (exact) mass is 276 g/mol. The number of nitrogens with one attached hydrogen (secondary N) is 1. The van der Waals surface area contributed by atoms with Gasteiger partial charge in [0.05, 0.1) is 6.42 Å². The summed E-state index contributed by atoms with van der Waals surface area (Å²) in [7, 11) is 1.72. The Morgan fingerprint density at radius 1 is 1.45 bits per heavy atom. The molecule has 1 aromatic carbocycles. The molecule has 1 aromatic rings. The highest BCUT2D eigenvalue weighted by Gasteiger charge is 2.08. The highest BCUT2D eigenvalue weighted by atomic mass is 16.4. The number of hydrogen-bond acceptors (Lipinski definition) is 2. The van der Waals surface area contributed by atoms with Crippen LogP contribution in [0.2, 0.25) is 0 Å². The second-order valence-corrected chi connectivity index (χ2v) is 4.55. The van der Waals surface area contributed by atoms with Gasteiger partial charge in [0.1, 0.15) is 0 Å². The van der Waals surface area contributed by atoms with Crippen molar-refractivity contribution in [1.29, 1.82) is 0 Å². The number of allylic oxidation sites excluding steroid dienone is 1. The first-order chi connectivity index (χ1) is 9.52. The molecule has 0 heterocycles. The van der Waals surface area contributed by atoms with Crippen molar-refractivity contribution in [1.82, 2.24) is 4.90 Å². The Morgan fingerprint density at radius 2 is 2.20 bits per heavy atom. The molecule has 0 fully saturated rings. The van der Waals surface area contributed by atoms with Gasteiger partial charge in [0, 0.05) is 19.3 Å². The quantitative estimate of drug-likeness (QED) is 0.594. The van der Waals surface area contributed by atoms with E-state index in [9.17, 15) is 9.59 Å². The molecule has 0 atom stereocenters. The number of benzene rings is 1. The maximum absolute atomic E-state index is 11.9. The molecule has 0 radical (unpaired) electrons. The Bertz CT molecular complexity index is 486. The van der Waals surface area contributed by atoms with Crippen LogP contribution in [0.4, 0.5) is 10.5 Å². The van der Waals surface area contributed by atoms with Gasteiger partial charge >= 0.3 is 12.0 Å². The van der Waals surface area contributed by atoms with Crippen LogP contribution in [0, 0.1) is 0 Å². The van der Waals surface area contributed by atoms with E-state index >= 15 is 0 Å². The van der Waals surface area contributed by atoms with Crippen LogP contribution in [-0.2, 0) is 11.2 Å². The number of unbranched alkanes of at least 4 members (excludes halogenated alkanes) is 1. The molecule has 0 aliphatic rings. The summed E-state index contributed by atoms with van der Waals surface area (Å²) in [5.41, 5.74) is 1.26. The van der Waals surface area contributed by atoms with E-state index in [0.717, 1.165) is 12.8 Å². The van der Waals surface area contributed by atoms with Crippen molar-refractivity contribution in [3.05, 3.63) is 42.5 Å². The number of urea groups is 1. The summed E-state index contributed by atoms with van der Waals surface area (Å²) in [6.45, 7) is 4.28. The molecule has 5 nitrogen and oxygen atoms in total. The lowest BCUT2D eigenvalue weighted by molar-refractivity contribution is -0.136. The summed E-state index contributed by atoms with van der Waals surface area (Å²) >= 11 is 0. The van der Waals surface area contributed by atoms with Crippen LogP contribution < -0.4 is 5.32 Å². The molecule has 0 aromatic heterocycles. The van der Waals surface area contributed by atoms with Crippen molar-refractivity contribution in [2.45, 2.75) is 19.3 Å². The van der Waals surface area contributed by atoms with E-state index in [2.05, 4.69) is 11.9 Å². The summed E-state index contributed by atoms with van der Waals surface area (Å²) in [5, 5.41) is 11.5. The van der Waals surface area contributed by atoms with Crippen LogP contribution in [0.1, 0.15) is 18.4 Å². The van der Waals surface area contributed by atoms with Gasteiger partial charge in [0.25, 0.3) is 0 Å². The summed E-state index contributed by atoms with van der Waals surface area (Å²) in [6.07, 6.45) is 3.50. The molecule has 5 heteroatoms. The van der Waals surface area contributed by atoms with Crippen molar-refractivity contribution in [3.8, 4) is 0 Å². The first-order valence-electron chi connectivity index (χ1n) is 6.46. The van der Waals surface area contributed by atoms with Gasteiger partial charge in [-0.15, -0.1) is 6.58 Å². The number of nitrogens with zero attached hydrogens (tertiary/aromatic N) is 1. The van der Waals surface area contributed by atoms with Crippen LogP contribution in [0.3, 0.4) is 0 Å². The van der Waals surface area contributed by atoms with Crippen LogP contribution in [0.15, 0.2) is 36.9 Å². The molecular weight excluding hydrogens is 256 g/mol. The maximum Gasteiger partial charge on any atom is 0.321 e. The minimum absolute atomic E-state index is 0.0567. The molecule has 2 amide bonds. The van der Waals surface area contributed by atoms with Gasteiger partial charge in [-0.3, -0.25) is 4.79 Å². The van der Waals surface area contributed by atoms with Crippen LogP contribution in [-0.4, -0.2) is 35.6 Å². The minimum atomic E-state index is -0.894. The van der Waals surface area contributed by atoms with Crippen LogP contribution in [0.5, 0.6) is 0 Å². The summed E-state index contributed by atoms with van der Waals surface area (Å²) < 4.78 is 0. The van der Waals surface area contributed by atoms with Crippen molar-refractivity contribution in [2.24, 2.45) is 0 Å². The Balaban J connectivity index is 2.56. The molecule has 108 valence electrons. The largest absolute Gasteiger partial charge is 0.481 e. The van der Waals surface area contributed by atoms with E-state index in [4.69, 9.17) is 5.11 Å². The van der Waals surface area contributed by atoms with E-state index in [0.29, 0.717) is 17.8 Å². The third kappa shape index (κ3) is 5.56. The van der Waals surface area contributed by atoms with Crippen LogP contribution >= 0.6 is 0 Å². The number of aliphatic carboxylic acids is 1. The predicted octanol–water partition coefficient (Wildman–Crippen LogP) is 2.74. The second kappa shape index (κ2) is 7.99. The third-order valence-corrected chi connectivity index (χ3v) is 2.78. The SMILES string of the molecule is C=CCCCN(C)C(=O)Nc1cccc(CC(=O)O)c1. The number of carbonyl (C=O) groups is 2. The average molecular weight is 276 g/mol. The normalized spacial score (nSPS) is 9.85. The molecule has 1 rings (SSSR count). The lowest BCUT2D eigenvalue weighted by Gasteiger charge is -2.17. The van der Waals surface area contributed by atoms with Gasteiger partial charge < -0.3 is 15.3 Å². The standard InChI is InChI=1S/C15H20N2O3/c1-3-4-5-9-17(2)15(20)16-13-8-6-7-12(10-13)11-14(18)19/h3,6-8,10H,1,4-5,9,11H2,2H3,(H,16,20)(H,18,19). The topological polar surface area (TPSA) is 69.6 Å². The molecule has 20 heavy (non-hydrogen) atoms. The smallest absolute Gasteiger partial charge is 0.321 e. The molecule has 0 saturated carbocycles. The first kappa shape index (κ1) is 15.8. The van der Waals surface area contributed by atoms with E-state index in [1.807, 2.05) is 6.08 Å². The Kier molecular flexibility index (Phi) is 6.29. The Labute approximate surface area is 118 Å². The number of carboxylic acids is 1. The van der Waals surface area contributed by atoms with Gasteiger partial charge in [-0.2, -0.15) is 0 Å². The fourth-order valence-corrected chi connectivity index (χ4v) is 1.73. The predicted molar refractivity (Wildman–Crippen MR) is 78.9 cm³/mol. The fourth-order valence-electron chi connectivity index (χ4n) is 1.73. The van der Waals surface area contributed by atoms with Crippen molar-refractivity contribution >= 4 is 17.7 Å². The summed E-state index contributed by atoms with van der Waals surface area (Å²) in [4.78, 5) is 24.2. The van der Waals surface area contributed by atoms with Crippen LogP contribution in [0.25, 0.3) is 0 Å². The van der Waals surface area contributed by atoms with Gasteiger partial charge in [-0.1, -0.05) is 18.2 Å². The van der Waals surface area contributed by atoms with Gasteiger partial charge in [0.15, 0.2) is 0 Å². The second-order valence-electron chi connectivity index (χ2n) is 4.55. The molecular formula is C15H20N2O3. The molecule has 0 bridgehead atoms. The number of anilines is 1. The maximum atomic E-state index is 11.9. The highest BCUT2D eigenvalue weighted by Crippen LogP contribution is 2.12. The fraction of sp³-hybridized carbons (Fsp3) is 0.333. The number of hydrogen-bond donors (Lipinski definition) is 2. The van der Waals surface area contributed by atoms with Crippen molar-refractivity contribution in [3.63, 3.8) is 0 Å². The zero-order valence-electron chi connectivity index (χ0n) is 11.6. The van der Waals surface area contributed by atoms with Gasteiger partial charge in [-0.05, 0) is 30.5 Å². The Morgan fingerprint density at radius 3 is 2.85 bits per heavy atom. The third-order valence-electron chi connectivity index (χ3n) is 2.78. The minimum Gasteiger partial charge on any atom is -0.481 e. The number of carbonyl (C=O) groups excluding carboxylic acids is 1. The molecule has 0 unspecified atom stereocenters. The first-order valence-corrected chi connectivity index (χ1v) is 6.46. The lowest BCUT2D eigenvalue weighted by atomic mass is 10.1. The number of amides is 2. The average Bonchev–Trinajstić information content (AvgIpc) is 2.38. The zero-order chi connectivity index (χ0) is 15.0. The summed E-state index contributed by atoms with van der Waals surface area (Å²) in [5.74, 6) is -0.894. The molecule has 0 aliphatic carbocycles. The van der Waals surface area contributed by atoms with Gasteiger partial charge in [-0.25, -0.2) is 4.79 Å². The van der Waals surface area contributed by atoms with E-state index < -0.39 is 5.97 Å². The van der Waals surface area contributed by atoms with E-state index in [1.165, 1.54) is 0 Å². The van der Waals surface area contributed by atoms with E-state index in [1.54, 1.807) is 36.2 Å². The molecule has 0 spiro atoms. The zero-order valence-corrected chi connectivity index (χ0v) is 11.6. The molecule has 2 N–H and O–H groups in total. The Hall–Kier alpha value is -2.30. The van der Waals surface area contributed by atoms with Gasteiger partial charge in [0.2, 0.25) is 0 Å². The van der Waals surface area contributed by atoms with Crippen molar-refractivity contribution < 1.29 is 14.7 Å². The number of carboxylic acid groups (broad SMARTS) is 1. The lowest BCUT2D eigenvalue weighted by Crippen LogP contribution is -2.32.